The van der Waals surface area contributed by atoms with Crippen molar-refractivity contribution in [1.82, 2.24) is 0 Å². The van der Waals surface area contributed by atoms with Gasteiger partial charge in [-0.05, 0) is 30.3 Å². The quantitative estimate of drug-likeness (QED) is 0.669. The summed E-state index contributed by atoms with van der Waals surface area (Å²) in [7, 11) is 1.55. The van der Waals surface area contributed by atoms with Crippen LogP contribution in [-0.4, -0.2) is 13.0 Å². The molecule has 0 aliphatic carbocycles. The number of nitrogens with two attached hydrogens (primary N) is 1. The van der Waals surface area contributed by atoms with E-state index in [1.54, 1.807) is 31.6 Å². The maximum atomic E-state index is 12.9. The number of hydrogen-bond donors (Lipinski definition) is 2. The van der Waals surface area contributed by atoms with Crippen molar-refractivity contribution in [3.8, 4) is 5.75 Å². The number of hydrogen-bond acceptors (Lipinski definition) is 3. The van der Waals surface area contributed by atoms with Crippen LogP contribution in [0.15, 0.2) is 71.3 Å². The fraction of sp³-hybridized carbons (Fsp3) is 0.150. The number of rotatable bonds is 7. The van der Waals surface area contributed by atoms with E-state index in [9.17, 15) is 4.79 Å². The van der Waals surface area contributed by atoms with E-state index in [-0.39, 0.29) is 5.91 Å². The van der Waals surface area contributed by atoms with Gasteiger partial charge >= 0.3 is 0 Å². The number of anilines is 1. The molecule has 1 amide bonds. The summed E-state index contributed by atoms with van der Waals surface area (Å²) in [6.45, 7) is 0.559. The lowest BCUT2D eigenvalue weighted by Crippen LogP contribution is -2.85. The molecule has 0 radical (unpaired) electrons. The first-order valence-corrected chi connectivity index (χ1v) is 8.60. The van der Waals surface area contributed by atoms with Crippen LogP contribution in [0.3, 0.4) is 0 Å². The molecule has 0 unspecified atom stereocenters. The van der Waals surface area contributed by atoms with Gasteiger partial charge in [0.25, 0.3) is 5.91 Å². The standard InChI is InChI=1S/C20H19ClN2O3/c1-25-18-10-9-15(12-17(18)21)23-20(24)19(14-6-3-2-4-7-14)22-13-16-8-5-11-26-16/h2-12,19,22H,13H2,1H3,(H,23,24)/p+1/t19-/m1/s1. The summed E-state index contributed by atoms with van der Waals surface area (Å²) in [6.07, 6.45) is 1.63. The number of furan rings is 1. The topological polar surface area (TPSA) is 68.1 Å². The van der Waals surface area contributed by atoms with Crippen LogP contribution in [-0.2, 0) is 11.3 Å². The molecule has 0 bridgehead atoms. The summed E-state index contributed by atoms with van der Waals surface area (Å²) >= 11 is 6.14. The van der Waals surface area contributed by atoms with Crippen LogP contribution in [0, 0.1) is 0 Å². The number of ether oxygens (including phenoxy) is 1. The Kier molecular flexibility index (Phi) is 5.94. The van der Waals surface area contributed by atoms with E-state index in [1.807, 2.05) is 47.8 Å². The van der Waals surface area contributed by atoms with Crippen molar-refractivity contribution in [2.24, 2.45) is 0 Å². The lowest BCUT2D eigenvalue weighted by atomic mass is 10.1. The van der Waals surface area contributed by atoms with Crippen LogP contribution >= 0.6 is 11.6 Å². The molecule has 3 aromatic rings. The van der Waals surface area contributed by atoms with Gasteiger partial charge in [-0.15, -0.1) is 0 Å². The van der Waals surface area contributed by atoms with Crippen molar-refractivity contribution >= 4 is 23.2 Å². The summed E-state index contributed by atoms with van der Waals surface area (Å²) in [6, 6.07) is 18.1. The van der Waals surface area contributed by atoms with Gasteiger partial charge in [-0.2, -0.15) is 0 Å². The molecule has 1 heterocycles. The van der Waals surface area contributed by atoms with E-state index < -0.39 is 6.04 Å². The van der Waals surface area contributed by atoms with Gasteiger partial charge in [0.05, 0.1) is 18.4 Å². The van der Waals surface area contributed by atoms with Crippen molar-refractivity contribution in [2.75, 3.05) is 12.4 Å². The second kappa shape index (κ2) is 8.56. The van der Waals surface area contributed by atoms with E-state index >= 15 is 0 Å². The Morgan fingerprint density at radius 1 is 1.19 bits per heavy atom. The third-order valence-electron chi connectivity index (χ3n) is 4.00. The monoisotopic (exact) mass is 371 g/mol. The highest BCUT2D eigenvalue weighted by atomic mass is 35.5. The number of amides is 1. The first kappa shape index (κ1) is 18.0. The molecule has 0 saturated heterocycles. The first-order valence-electron chi connectivity index (χ1n) is 8.22. The summed E-state index contributed by atoms with van der Waals surface area (Å²) in [5.74, 6) is 1.24. The minimum Gasteiger partial charge on any atom is -0.495 e. The number of carbonyl (C=O) groups excluding carboxylic acids is 1. The van der Waals surface area contributed by atoms with E-state index in [1.165, 1.54) is 0 Å². The van der Waals surface area contributed by atoms with Gasteiger partial charge in [-0.1, -0.05) is 41.9 Å². The van der Waals surface area contributed by atoms with Gasteiger partial charge in [-0.3, -0.25) is 4.79 Å². The minimum absolute atomic E-state index is 0.135. The van der Waals surface area contributed by atoms with Crippen molar-refractivity contribution in [3.63, 3.8) is 0 Å². The molecule has 134 valence electrons. The van der Waals surface area contributed by atoms with Crippen LogP contribution in [0.25, 0.3) is 0 Å². The number of halogens is 1. The molecule has 6 heteroatoms. The van der Waals surface area contributed by atoms with E-state index in [0.29, 0.717) is 23.0 Å². The molecule has 26 heavy (non-hydrogen) atoms. The predicted molar refractivity (Wildman–Crippen MR) is 100 cm³/mol. The van der Waals surface area contributed by atoms with Gasteiger partial charge < -0.3 is 19.8 Å². The fourth-order valence-corrected chi connectivity index (χ4v) is 2.94. The van der Waals surface area contributed by atoms with Crippen LogP contribution in [0.5, 0.6) is 5.75 Å². The molecule has 0 spiro atoms. The fourth-order valence-electron chi connectivity index (χ4n) is 2.68. The van der Waals surface area contributed by atoms with Gasteiger partial charge in [0, 0.05) is 11.3 Å². The van der Waals surface area contributed by atoms with Crippen molar-refractivity contribution < 1.29 is 19.3 Å². The highest BCUT2D eigenvalue weighted by Gasteiger charge is 2.24. The normalized spacial score (nSPS) is 11.8. The third kappa shape index (κ3) is 4.45. The van der Waals surface area contributed by atoms with E-state index in [0.717, 1.165) is 11.3 Å². The molecule has 3 rings (SSSR count). The summed E-state index contributed by atoms with van der Waals surface area (Å²) in [5.41, 5.74) is 1.53. The molecule has 0 fully saturated rings. The molecular formula is C20H20ClN2O3+. The van der Waals surface area contributed by atoms with Gasteiger partial charge in [0.2, 0.25) is 0 Å². The Hall–Kier alpha value is -2.76. The molecule has 3 N–H and O–H groups in total. The highest BCUT2D eigenvalue weighted by Crippen LogP contribution is 2.27. The lowest BCUT2D eigenvalue weighted by molar-refractivity contribution is -0.699. The number of benzene rings is 2. The molecule has 2 aromatic carbocycles. The Labute approximate surface area is 156 Å². The molecular weight excluding hydrogens is 352 g/mol. The number of carbonyl (C=O) groups is 1. The van der Waals surface area contributed by atoms with Crippen LogP contribution in [0.4, 0.5) is 5.69 Å². The third-order valence-corrected chi connectivity index (χ3v) is 4.29. The Morgan fingerprint density at radius 3 is 2.65 bits per heavy atom. The number of quaternary nitrogens is 1. The minimum atomic E-state index is -0.415. The van der Waals surface area contributed by atoms with Crippen molar-refractivity contribution in [3.05, 3.63) is 83.3 Å². The smallest absolute Gasteiger partial charge is 0.287 e. The number of methoxy groups -OCH3 is 1. The number of nitrogens with one attached hydrogen (secondary N) is 1. The maximum Gasteiger partial charge on any atom is 0.287 e. The average Bonchev–Trinajstić information content (AvgIpc) is 3.16. The van der Waals surface area contributed by atoms with Gasteiger partial charge in [0.15, 0.2) is 11.8 Å². The molecule has 0 aliphatic rings. The van der Waals surface area contributed by atoms with Crippen molar-refractivity contribution in [2.45, 2.75) is 12.6 Å². The summed E-state index contributed by atoms with van der Waals surface area (Å²) in [4.78, 5) is 12.9. The average molecular weight is 372 g/mol. The van der Waals surface area contributed by atoms with Crippen LogP contribution in [0.2, 0.25) is 5.02 Å². The lowest BCUT2D eigenvalue weighted by Gasteiger charge is -2.16. The predicted octanol–water partition coefficient (Wildman–Crippen LogP) is 3.39. The molecule has 0 aliphatic heterocycles. The van der Waals surface area contributed by atoms with Crippen molar-refractivity contribution in [1.29, 1.82) is 0 Å². The highest BCUT2D eigenvalue weighted by molar-refractivity contribution is 6.32. The zero-order chi connectivity index (χ0) is 18.4. The van der Waals surface area contributed by atoms with Crippen LogP contribution < -0.4 is 15.4 Å². The Morgan fingerprint density at radius 2 is 2.00 bits per heavy atom. The second-order valence-corrected chi connectivity index (χ2v) is 6.15. The zero-order valence-corrected chi connectivity index (χ0v) is 15.1. The van der Waals surface area contributed by atoms with Gasteiger partial charge in [-0.25, -0.2) is 0 Å². The SMILES string of the molecule is COc1ccc(NC(=O)[C@H]([NH2+]Cc2ccco2)c2ccccc2)cc1Cl. The van der Waals surface area contributed by atoms with Gasteiger partial charge in [0.1, 0.15) is 12.3 Å². The largest absolute Gasteiger partial charge is 0.495 e. The summed E-state index contributed by atoms with van der Waals surface area (Å²) < 4.78 is 10.5. The molecule has 1 aromatic heterocycles. The Balaban J connectivity index is 1.76. The molecule has 0 saturated carbocycles. The molecule has 1 atom stereocenters. The first-order chi connectivity index (χ1) is 12.7. The second-order valence-electron chi connectivity index (χ2n) is 5.75. The zero-order valence-electron chi connectivity index (χ0n) is 14.3. The summed E-state index contributed by atoms with van der Waals surface area (Å²) in [5, 5.41) is 5.31. The van der Waals surface area contributed by atoms with E-state index in [4.69, 9.17) is 20.8 Å². The molecule has 5 nitrogen and oxygen atoms in total. The Bertz CT molecular complexity index is 851. The van der Waals surface area contributed by atoms with Crippen LogP contribution in [0.1, 0.15) is 17.4 Å². The maximum absolute atomic E-state index is 12.9. The van der Waals surface area contributed by atoms with E-state index in [2.05, 4.69) is 5.32 Å².